The molecule has 3 heteroatoms. The van der Waals surface area contributed by atoms with E-state index in [9.17, 15) is 0 Å². The molecule has 0 bridgehead atoms. The van der Waals surface area contributed by atoms with Crippen LogP contribution in [0.15, 0.2) is 24.6 Å². The van der Waals surface area contributed by atoms with E-state index in [1.165, 1.54) is 0 Å². The predicted molar refractivity (Wildman–Crippen MR) is 51.3 cm³/mol. The number of hydrogen-bond donors (Lipinski definition) is 1. The fourth-order valence-corrected chi connectivity index (χ4v) is 0.731. The zero-order valence-corrected chi connectivity index (χ0v) is 8.13. The third-order valence-corrected chi connectivity index (χ3v) is 1.48. The van der Waals surface area contributed by atoms with Crippen molar-refractivity contribution in [3.05, 3.63) is 24.6 Å². The number of hydrogen-bond acceptors (Lipinski definition) is 3. The lowest BCUT2D eigenvalue weighted by Crippen LogP contribution is -2.31. The van der Waals surface area contributed by atoms with Crippen molar-refractivity contribution in [2.75, 3.05) is 20.7 Å². The van der Waals surface area contributed by atoms with Crippen LogP contribution < -0.4 is 5.43 Å². The van der Waals surface area contributed by atoms with Crippen molar-refractivity contribution >= 4 is 0 Å². The summed E-state index contributed by atoms with van der Waals surface area (Å²) in [6.07, 6.45) is 4.63. The van der Waals surface area contributed by atoms with Gasteiger partial charge in [-0.15, -0.1) is 6.58 Å². The number of nitrogens with zero attached hydrogens (tertiary/aromatic N) is 1. The van der Waals surface area contributed by atoms with Gasteiger partial charge in [0, 0.05) is 14.1 Å². The maximum absolute atomic E-state index is 5.44. The van der Waals surface area contributed by atoms with Crippen LogP contribution in [0.2, 0.25) is 0 Å². The van der Waals surface area contributed by atoms with Crippen molar-refractivity contribution in [1.82, 2.24) is 10.4 Å². The van der Waals surface area contributed by atoms with Gasteiger partial charge in [0.15, 0.2) is 5.88 Å². The van der Waals surface area contributed by atoms with Gasteiger partial charge in [-0.25, -0.2) is 5.43 Å². The molecule has 0 fully saturated rings. The SMILES string of the molecule is C=CCCO/C(=C/C)N(C)NC. The van der Waals surface area contributed by atoms with Gasteiger partial charge in [-0.1, -0.05) is 6.08 Å². The highest BCUT2D eigenvalue weighted by Crippen LogP contribution is 2.00. The van der Waals surface area contributed by atoms with Gasteiger partial charge in [-0.2, -0.15) is 0 Å². The first-order valence-corrected chi connectivity index (χ1v) is 4.07. The number of nitrogens with one attached hydrogen (secondary N) is 1. The summed E-state index contributed by atoms with van der Waals surface area (Å²) in [5.41, 5.74) is 2.96. The topological polar surface area (TPSA) is 24.5 Å². The molecule has 0 saturated heterocycles. The summed E-state index contributed by atoms with van der Waals surface area (Å²) in [5, 5.41) is 1.82. The van der Waals surface area contributed by atoms with Crippen molar-refractivity contribution < 1.29 is 4.74 Å². The molecule has 0 rings (SSSR count). The van der Waals surface area contributed by atoms with Gasteiger partial charge in [0.25, 0.3) is 0 Å². The molecule has 0 amide bonds. The number of hydrazine groups is 1. The summed E-state index contributed by atoms with van der Waals surface area (Å²) in [5.74, 6) is 0.833. The van der Waals surface area contributed by atoms with Crippen LogP contribution in [0.25, 0.3) is 0 Å². The van der Waals surface area contributed by atoms with E-state index in [2.05, 4.69) is 12.0 Å². The first-order valence-electron chi connectivity index (χ1n) is 4.07. The Morgan fingerprint density at radius 1 is 1.67 bits per heavy atom. The molecule has 0 heterocycles. The second kappa shape index (κ2) is 6.73. The molecule has 12 heavy (non-hydrogen) atoms. The lowest BCUT2D eigenvalue weighted by Gasteiger charge is -2.20. The molecule has 0 saturated carbocycles. The Morgan fingerprint density at radius 3 is 2.75 bits per heavy atom. The molecule has 0 unspecified atom stereocenters. The van der Waals surface area contributed by atoms with Crippen LogP contribution in [0.5, 0.6) is 0 Å². The zero-order chi connectivity index (χ0) is 9.40. The van der Waals surface area contributed by atoms with E-state index >= 15 is 0 Å². The van der Waals surface area contributed by atoms with E-state index in [1.54, 1.807) is 0 Å². The van der Waals surface area contributed by atoms with E-state index in [4.69, 9.17) is 4.74 Å². The lowest BCUT2D eigenvalue weighted by atomic mass is 10.4. The van der Waals surface area contributed by atoms with Crippen LogP contribution in [0.3, 0.4) is 0 Å². The fraction of sp³-hybridized carbons (Fsp3) is 0.556. The first kappa shape index (κ1) is 11.0. The third kappa shape index (κ3) is 4.03. The van der Waals surface area contributed by atoms with Gasteiger partial charge in [-0.05, 0) is 19.4 Å². The molecule has 3 nitrogen and oxygen atoms in total. The van der Waals surface area contributed by atoms with Gasteiger partial charge in [0.1, 0.15) is 0 Å². The largest absolute Gasteiger partial charge is 0.478 e. The van der Waals surface area contributed by atoms with Gasteiger partial charge in [0.2, 0.25) is 0 Å². The Kier molecular flexibility index (Phi) is 6.19. The minimum atomic E-state index is 0.676. The molecule has 0 aliphatic heterocycles. The van der Waals surface area contributed by atoms with Crippen LogP contribution in [0.1, 0.15) is 13.3 Å². The van der Waals surface area contributed by atoms with E-state index in [0.29, 0.717) is 6.61 Å². The number of rotatable bonds is 6. The molecule has 70 valence electrons. The van der Waals surface area contributed by atoms with Crippen LogP contribution in [-0.4, -0.2) is 25.7 Å². The summed E-state index contributed by atoms with van der Waals surface area (Å²) in [6, 6.07) is 0. The van der Waals surface area contributed by atoms with E-state index in [0.717, 1.165) is 12.3 Å². The maximum atomic E-state index is 5.44. The summed E-state index contributed by atoms with van der Waals surface area (Å²) in [6.45, 7) is 6.24. The molecular formula is C9H18N2O. The Bertz CT molecular complexity index is 155. The zero-order valence-electron chi connectivity index (χ0n) is 8.13. The van der Waals surface area contributed by atoms with Crippen LogP contribution in [0, 0.1) is 0 Å². The Labute approximate surface area is 74.7 Å². The molecule has 0 spiro atoms. The third-order valence-electron chi connectivity index (χ3n) is 1.48. The average molecular weight is 170 g/mol. The molecule has 0 aromatic heterocycles. The lowest BCUT2D eigenvalue weighted by molar-refractivity contribution is 0.107. The average Bonchev–Trinajstić information content (AvgIpc) is 2.11. The minimum Gasteiger partial charge on any atom is -0.478 e. The van der Waals surface area contributed by atoms with E-state index in [1.807, 2.05) is 38.2 Å². The highest BCUT2D eigenvalue weighted by atomic mass is 16.5. The molecule has 1 N–H and O–H groups in total. The van der Waals surface area contributed by atoms with Crippen LogP contribution in [-0.2, 0) is 4.74 Å². The summed E-state index contributed by atoms with van der Waals surface area (Å²) in [7, 11) is 3.75. The van der Waals surface area contributed by atoms with Gasteiger partial charge in [-0.3, -0.25) is 5.01 Å². The molecule has 0 aromatic carbocycles. The van der Waals surface area contributed by atoms with Crippen molar-refractivity contribution in [3.8, 4) is 0 Å². The molecule has 0 radical (unpaired) electrons. The summed E-state index contributed by atoms with van der Waals surface area (Å²) < 4.78 is 5.44. The highest BCUT2D eigenvalue weighted by molar-refractivity contribution is 4.87. The quantitative estimate of drug-likeness (QED) is 0.283. The highest BCUT2D eigenvalue weighted by Gasteiger charge is 1.99. The second-order valence-corrected chi connectivity index (χ2v) is 2.34. The standard InChI is InChI=1S/C9H18N2O/c1-5-7-8-12-9(6-2)11(4)10-3/h5-6,10H,1,7-8H2,2-4H3/b9-6+. The fourth-order valence-electron chi connectivity index (χ4n) is 0.731. The first-order chi connectivity index (χ1) is 5.76. The second-order valence-electron chi connectivity index (χ2n) is 2.34. The molecule has 0 atom stereocenters. The number of ether oxygens (including phenoxy) is 1. The Balaban J connectivity index is 3.76. The molecular weight excluding hydrogens is 152 g/mol. The predicted octanol–water partition coefficient (Wildman–Crippen LogP) is 1.51. The Morgan fingerprint density at radius 2 is 2.33 bits per heavy atom. The van der Waals surface area contributed by atoms with Crippen molar-refractivity contribution in [1.29, 1.82) is 0 Å². The number of allylic oxidation sites excluding steroid dienone is 1. The Hall–Kier alpha value is -0.960. The molecule has 0 aliphatic rings. The summed E-state index contributed by atoms with van der Waals surface area (Å²) >= 11 is 0. The van der Waals surface area contributed by atoms with Crippen molar-refractivity contribution in [3.63, 3.8) is 0 Å². The van der Waals surface area contributed by atoms with Gasteiger partial charge < -0.3 is 4.74 Å². The van der Waals surface area contributed by atoms with Crippen molar-refractivity contribution in [2.24, 2.45) is 0 Å². The maximum Gasteiger partial charge on any atom is 0.199 e. The summed E-state index contributed by atoms with van der Waals surface area (Å²) in [4.78, 5) is 0. The van der Waals surface area contributed by atoms with Crippen LogP contribution in [0.4, 0.5) is 0 Å². The smallest absolute Gasteiger partial charge is 0.199 e. The van der Waals surface area contributed by atoms with Gasteiger partial charge >= 0.3 is 0 Å². The van der Waals surface area contributed by atoms with Crippen molar-refractivity contribution in [2.45, 2.75) is 13.3 Å². The van der Waals surface area contributed by atoms with Crippen LogP contribution >= 0.6 is 0 Å². The van der Waals surface area contributed by atoms with Gasteiger partial charge in [0.05, 0.1) is 6.61 Å². The minimum absolute atomic E-state index is 0.676. The normalized spacial score (nSPS) is 11.1. The van der Waals surface area contributed by atoms with E-state index in [-0.39, 0.29) is 0 Å². The monoisotopic (exact) mass is 170 g/mol. The van der Waals surface area contributed by atoms with E-state index < -0.39 is 0 Å². The molecule has 0 aromatic rings. The molecule has 0 aliphatic carbocycles.